The molecule has 1 heterocycles. The smallest absolute Gasteiger partial charge is 0.465 e. The zero-order chi connectivity index (χ0) is 18.1. The minimum Gasteiger partial charge on any atom is -0.465 e. The van der Waals surface area contributed by atoms with E-state index in [1.807, 2.05) is 25.2 Å². The third-order valence-electron chi connectivity index (χ3n) is 4.91. The maximum atomic E-state index is 9.20. The fourth-order valence-electron chi connectivity index (χ4n) is 2.20. The van der Waals surface area contributed by atoms with Gasteiger partial charge in [0.25, 0.3) is 0 Å². The summed E-state index contributed by atoms with van der Waals surface area (Å²) in [6, 6.07) is 7.45. The van der Waals surface area contributed by atoms with Gasteiger partial charge in [-0.15, -0.1) is 0 Å². The third-order valence-corrected chi connectivity index (χ3v) is 9.45. The predicted molar refractivity (Wildman–Crippen MR) is 102 cm³/mol. The second-order valence-electron chi connectivity index (χ2n) is 7.77. The van der Waals surface area contributed by atoms with Gasteiger partial charge in [0.15, 0.2) is 8.32 Å². The Balaban J connectivity index is 2.02. The van der Waals surface area contributed by atoms with Crippen molar-refractivity contribution in [2.75, 3.05) is 25.1 Å². The Hall–Kier alpha value is -1.28. The van der Waals surface area contributed by atoms with E-state index in [0.717, 1.165) is 17.6 Å². The van der Waals surface area contributed by atoms with Crippen LogP contribution in [0.3, 0.4) is 0 Å². The molecule has 2 N–H and O–H groups in total. The highest BCUT2D eigenvalue weighted by Gasteiger charge is 2.36. The van der Waals surface area contributed by atoms with E-state index in [9.17, 15) is 10.0 Å². The Bertz CT molecular complexity index is 693. The molecule has 1 aromatic carbocycles. The molecule has 24 heavy (non-hydrogen) atoms. The molecule has 0 atom stereocenters. The van der Waals surface area contributed by atoms with Crippen LogP contribution >= 0.6 is 0 Å². The van der Waals surface area contributed by atoms with Crippen LogP contribution < -0.4 is 10.6 Å². The molecule has 5 nitrogen and oxygen atoms in total. The molecule has 2 rings (SSSR count). The lowest BCUT2D eigenvalue weighted by molar-refractivity contribution is 0.296. The fraction of sp³-hybridized carbons (Fsp3) is 0.529. The molecular weight excluding hydrogens is 321 g/mol. The van der Waals surface area contributed by atoms with Crippen LogP contribution in [0.5, 0.6) is 0 Å². The first-order chi connectivity index (χ1) is 11.0. The van der Waals surface area contributed by atoms with Gasteiger partial charge in [-0.1, -0.05) is 20.8 Å². The Morgan fingerprint density at radius 3 is 2.46 bits per heavy atom. The Morgan fingerprint density at radius 1 is 1.21 bits per heavy atom. The van der Waals surface area contributed by atoms with Gasteiger partial charge in [0.05, 0.1) is 6.61 Å². The largest absolute Gasteiger partial charge is 0.526 e. The van der Waals surface area contributed by atoms with Crippen LogP contribution in [0.15, 0.2) is 28.7 Å². The first kappa shape index (κ1) is 19.1. The van der Waals surface area contributed by atoms with Crippen LogP contribution in [0.1, 0.15) is 20.8 Å². The number of benzene rings is 1. The minimum absolute atomic E-state index is 0.158. The molecule has 2 aromatic rings. The summed E-state index contributed by atoms with van der Waals surface area (Å²) < 4.78 is 11.6. The summed E-state index contributed by atoms with van der Waals surface area (Å²) in [4.78, 5) is 2.13. The summed E-state index contributed by atoms with van der Waals surface area (Å²) in [6.07, 6.45) is 0. The Morgan fingerprint density at radius 2 is 1.88 bits per heavy atom. The van der Waals surface area contributed by atoms with E-state index < -0.39 is 15.4 Å². The summed E-state index contributed by atoms with van der Waals surface area (Å²) in [7, 11) is -1.28. The van der Waals surface area contributed by atoms with E-state index in [4.69, 9.17) is 8.84 Å². The van der Waals surface area contributed by atoms with Gasteiger partial charge in [-0.3, -0.25) is 0 Å². The molecule has 0 radical (unpaired) electrons. The summed E-state index contributed by atoms with van der Waals surface area (Å²) in [5.74, 6) is 0. The van der Waals surface area contributed by atoms with E-state index in [1.54, 1.807) is 6.07 Å². The van der Waals surface area contributed by atoms with Crippen molar-refractivity contribution in [2.24, 2.45) is 0 Å². The van der Waals surface area contributed by atoms with Gasteiger partial charge in [0.2, 0.25) is 0 Å². The Labute approximate surface area is 145 Å². The number of fused-ring (bicyclic) bond motifs is 1. The summed E-state index contributed by atoms with van der Waals surface area (Å²) in [6.45, 7) is 12.7. The van der Waals surface area contributed by atoms with Gasteiger partial charge >= 0.3 is 7.12 Å². The lowest BCUT2D eigenvalue weighted by atomic mass is 9.88. The number of anilines is 1. The molecule has 0 saturated heterocycles. The third kappa shape index (κ3) is 4.22. The molecule has 0 fully saturated rings. The number of furan rings is 1. The van der Waals surface area contributed by atoms with Crippen molar-refractivity contribution in [3.05, 3.63) is 24.3 Å². The second-order valence-corrected chi connectivity index (χ2v) is 12.6. The van der Waals surface area contributed by atoms with Crippen LogP contribution in [0.4, 0.5) is 5.69 Å². The minimum atomic E-state index is -1.72. The van der Waals surface area contributed by atoms with E-state index in [2.05, 4.69) is 38.8 Å². The van der Waals surface area contributed by atoms with E-state index in [-0.39, 0.29) is 10.7 Å². The molecular formula is C17H28BNO4Si. The van der Waals surface area contributed by atoms with Crippen molar-refractivity contribution in [1.82, 2.24) is 0 Å². The van der Waals surface area contributed by atoms with Crippen LogP contribution in [0, 0.1) is 0 Å². The maximum Gasteiger partial charge on any atom is 0.526 e. The zero-order valence-electron chi connectivity index (χ0n) is 15.5. The van der Waals surface area contributed by atoms with E-state index >= 15 is 0 Å². The number of likely N-dealkylation sites (N-methyl/N-ethyl adjacent to an activating group) is 1. The highest BCUT2D eigenvalue weighted by atomic mass is 28.4. The number of rotatable bonds is 6. The number of hydrogen-bond acceptors (Lipinski definition) is 5. The molecule has 0 unspecified atom stereocenters. The Kier molecular flexibility index (Phi) is 5.49. The lowest BCUT2D eigenvalue weighted by Crippen LogP contribution is -2.42. The van der Waals surface area contributed by atoms with Crippen molar-refractivity contribution in [2.45, 2.75) is 38.9 Å². The van der Waals surface area contributed by atoms with Crippen LogP contribution in [-0.4, -0.2) is 45.7 Å². The second kappa shape index (κ2) is 6.92. The first-order valence-corrected chi connectivity index (χ1v) is 11.2. The molecule has 0 saturated carbocycles. The number of nitrogens with zero attached hydrogens (tertiary/aromatic N) is 1. The zero-order valence-corrected chi connectivity index (χ0v) is 16.5. The average Bonchev–Trinajstić information content (AvgIpc) is 2.88. The lowest BCUT2D eigenvalue weighted by Gasteiger charge is -2.36. The molecule has 0 amide bonds. The standard InChI is InChI=1S/C17H28BNO4Si/c1-17(2,3)24(5,6)22-10-9-19(4)14-7-8-15-13(11-14)12-16(23-15)18(20)21/h7-8,11-12,20-21H,9-10H2,1-6H3. The predicted octanol–water partition coefficient (Wildman–Crippen LogP) is 2.57. The topological polar surface area (TPSA) is 66.1 Å². The van der Waals surface area contributed by atoms with Crippen molar-refractivity contribution >= 4 is 37.8 Å². The molecule has 132 valence electrons. The highest BCUT2D eigenvalue weighted by molar-refractivity contribution is 6.74. The van der Waals surface area contributed by atoms with Gasteiger partial charge in [-0.05, 0) is 42.4 Å². The molecule has 0 aliphatic heterocycles. The molecule has 0 aliphatic rings. The van der Waals surface area contributed by atoms with Crippen molar-refractivity contribution < 1.29 is 18.9 Å². The number of hydrogen-bond donors (Lipinski definition) is 2. The molecule has 0 aliphatic carbocycles. The molecule has 7 heteroatoms. The van der Waals surface area contributed by atoms with E-state index in [1.165, 1.54) is 0 Å². The van der Waals surface area contributed by atoms with Crippen LogP contribution in [0.25, 0.3) is 11.0 Å². The molecule has 0 spiro atoms. The van der Waals surface area contributed by atoms with Gasteiger partial charge < -0.3 is 23.8 Å². The van der Waals surface area contributed by atoms with Gasteiger partial charge in [-0.25, -0.2) is 0 Å². The van der Waals surface area contributed by atoms with E-state index in [0.29, 0.717) is 12.2 Å². The van der Waals surface area contributed by atoms with Crippen molar-refractivity contribution in [3.63, 3.8) is 0 Å². The van der Waals surface area contributed by atoms with Crippen molar-refractivity contribution in [3.8, 4) is 0 Å². The monoisotopic (exact) mass is 349 g/mol. The summed E-state index contributed by atoms with van der Waals surface area (Å²) >= 11 is 0. The fourth-order valence-corrected chi connectivity index (χ4v) is 3.23. The van der Waals surface area contributed by atoms with Crippen molar-refractivity contribution in [1.29, 1.82) is 0 Å². The average molecular weight is 349 g/mol. The van der Waals surface area contributed by atoms with Gasteiger partial charge in [0.1, 0.15) is 11.2 Å². The van der Waals surface area contributed by atoms with Gasteiger partial charge in [-0.2, -0.15) is 0 Å². The molecule has 1 aromatic heterocycles. The van der Waals surface area contributed by atoms with Crippen LogP contribution in [0.2, 0.25) is 18.1 Å². The molecule has 0 bridgehead atoms. The van der Waals surface area contributed by atoms with Crippen LogP contribution in [-0.2, 0) is 4.43 Å². The maximum absolute atomic E-state index is 9.20. The van der Waals surface area contributed by atoms with Gasteiger partial charge in [0, 0.05) is 24.7 Å². The summed E-state index contributed by atoms with van der Waals surface area (Å²) in [5.41, 5.74) is 1.85. The SMILES string of the molecule is CN(CCO[Si](C)(C)C(C)(C)C)c1ccc2oc(B(O)O)cc2c1. The first-order valence-electron chi connectivity index (χ1n) is 8.26. The summed E-state index contributed by atoms with van der Waals surface area (Å²) in [5, 5.41) is 19.5. The highest BCUT2D eigenvalue weighted by Crippen LogP contribution is 2.36. The quantitative estimate of drug-likeness (QED) is 0.785. The normalized spacial score (nSPS) is 12.7.